The van der Waals surface area contributed by atoms with Crippen LogP contribution in [0.1, 0.15) is 0 Å². The van der Waals surface area contributed by atoms with Crippen LogP contribution in [0.5, 0.6) is 0 Å². The number of nitrogen functional groups attached to an aromatic ring is 1. The molecule has 0 atom stereocenters. The van der Waals surface area contributed by atoms with Crippen molar-refractivity contribution in [1.29, 1.82) is 5.41 Å². The van der Waals surface area contributed by atoms with Crippen LogP contribution in [0.3, 0.4) is 0 Å². The van der Waals surface area contributed by atoms with E-state index in [4.69, 9.17) is 34.3 Å². The molecule has 0 aromatic carbocycles. The number of aromatic nitrogens is 2. The molecule has 1 aromatic rings. The van der Waals surface area contributed by atoms with Gasteiger partial charge >= 0.3 is 0 Å². The number of nitrogens with one attached hydrogen (secondary N) is 1. The van der Waals surface area contributed by atoms with Crippen molar-refractivity contribution in [2.24, 2.45) is 5.73 Å². The SMILES string of the molecule is N=C(N)n1ncc(Cl)c(Cl)c1=O. The van der Waals surface area contributed by atoms with Crippen LogP contribution in [0.2, 0.25) is 10.0 Å². The lowest BCUT2D eigenvalue weighted by atomic mass is 10.5. The first-order valence-electron chi connectivity index (χ1n) is 2.81. The van der Waals surface area contributed by atoms with Gasteiger partial charge in [0.05, 0.1) is 11.2 Å². The highest BCUT2D eigenvalue weighted by Gasteiger charge is 2.07. The first-order chi connectivity index (χ1) is 5.54. The van der Waals surface area contributed by atoms with Gasteiger partial charge in [-0.3, -0.25) is 10.2 Å². The standard InChI is InChI=1S/C5H4Cl2N4O/c6-2-1-10-11(5(8)9)4(12)3(2)7/h1H,(H3,8,9). The van der Waals surface area contributed by atoms with Crippen LogP contribution in [0, 0.1) is 5.41 Å². The number of nitrogens with two attached hydrogens (primary N) is 1. The lowest BCUT2D eigenvalue weighted by Gasteiger charge is -2.00. The molecule has 0 fully saturated rings. The smallest absolute Gasteiger partial charge is 0.294 e. The van der Waals surface area contributed by atoms with Crippen molar-refractivity contribution in [2.75, 3.05) is 0 Å². The van der Waals surface area contributed by atoms with Gasteiger partial charge in [-0.05, 0) is 0 Å². The molecule has 64 valence electrons. The Hall–Kier alpha value is -1.07. The van der Waals surface area contributed by atoms with Crippen LogP contribution in [0.4, 0.5) is 0 Å². The molecule has 3 N–H and O–H groups in total. The van der Waals surface area contributed by atoms with Gasteiger partial charge in [-0.15, -0.1) is 0 Å². The Balaban J connectivity index is 3.47. The maximum atomic E-state index is 11.1. The van der Waals surface area contributed by atoms with E-state index in [1.54, 1.807) is 0 Å². The summed E-state index contributed by atoms with van der Waals surface area (Å²) in [5, 5.41) is 10.2. The zero-order valence-electron chi connectivity index (χ0n) is 5.71. The summed E-state index contributed by atoms with van der Waals surface area (Å²) in [5.41, 5.74) is 4.32. The minimum absolute atomic E-state index is 0.0409. The van der Waals surface area contributed by atoms with E-state index in [-0.39, 0.29) is 10.0 Å². The zero-order valence-corrected chi connectivity index (χ0v) is 7.23. The van der Waals surface area contributed by atoms with Crippen molar-refractivity contribution in [3.8, 4) is 0 Å². The highest BCUT2D eigenvalue weighted by Crippen LogP contribution is 2.13. The third-order valence-electron chi connectivity index (χ3n) is 1.10. The third kappa shape index (κ3) is 1.41. The number of hydrogen-bond donors (Lipinski definition) is 2. The molecular formula is C5H4Cl2N4O. The summed E-state index contributed by atoms with van der Waals surface area (Å²) >= 11 is 10.9. The summed E-state index contributed by atoms with van der Waals surface area (Å²) in [4.78, 5) is 11.1. The van der Waals surface area contributed by atoms with E-state index in [2.05, 4.69) is 5.10 Å². The van der Waals surface area contributed by atoms with Crippen LogP contribution in [0.15, 0.2) is 11.0 Å². The molecule has 0 aliphatic heterocycles. The van der Waals surface area contributed by atoms with Gasteiger partial charge in [0.25, 0.3) is 5.56 Å². The predicted molar refractivity (Wildman–Crippen MR) is 45.8 cm³/mol. The first-order valence-corrected chi connectivity index (χ1v) is 3.57. The van der Waals surface area contributed by atoms with Crippen molar-refractivity contribution >= 4 is 29.2 Å². The van der Waals surface area contributed by atoms with Gasteiger partial charge in [-0.25, -0.2) is 0 Å². The Labute approximate surface area is 77.2 Å². The number of nitrogens with zero attached hydrogens (tertiary/aromatic N) is 2. The van der Waals surface area contributed by atoms with E-state index in [0.717, 1.165) is 6.20 Å². The fraction of sp³-hybridized carbons (Fsp3) is 0. The number of halogens is 2. The van der Waals surface area contributed by atoms with Crippen LogP contribution < -0.4 is 11.3 Å². The Morgan fingerprint density at radius 3 is 2.75 bits per heavy atom. The highest BCUT2D eigenvalue weighted by molar-refractivity contribution is 6.41. The average Bonchev–Trinajstić information content (AvgIpc) is 2.00. The molecule has 12 heavy (non-hydrogen) atoms. The van der Waals surface area contributed by atoms with E-state index >= 15 is 0 Å². The van der Waals surface area contributed by atoms with Crippen LogP contribution >= 0.6 is 23.2 Å². The lowest BCUT2D eigenvalue weighted by molar-refractivity contribution is 0.837. The van der Waals surface area contributed by atoms with E-state index in [9.17, 15) is 4.79 Å². The summed E-state index contributed by atoms with van der Waals surface area (Å²) in [7, 11) is 0. The summed E-state index contributed by atoms with van der Waals surface area (Å²) in [5.74, 6) is -0.501. The van der Waals surface area contributed by atoms with Crippen molar-refractivity contribution < 1.29 is 0 Å². The predicted octanol–water partition coefficient (Wildman–Crippen LogP) is 0.292. The molecule has 0 aliphatic carbocycles. The van der Waals surface area contributed by atoms with Gasteiger partial charge in [0, 0.05) is 0 Å². The second-order valence-corrected chi connectivity index (χ2v) is 2.69. The van der Waals surface area contributed by atoms with E-state index in [0.29, 0.717) is 4.68 Å². The Morgan fingerprint density at radius 2 is 2.25 bits per heavy atom. The normalized spacial score (nSPS) is 9.83. The fourth-order valence-corrected chi connectivity index (χ4v) is 0.838. The van der Waals surface area contributed by atoms with E-state index in [1.165, 1.54) is 0 Å². The summed E-state index contributed by atoms with van der Waals surface area (Å²) in [6, 6.07) is 0. The van der Waals surface area contributed by atoms with Gasteiger partial charge < -0.3 is 5.73 Å². The van der Waals surface area contributed by atoms with E-state index < -0.39 is 11.5 Å². The summed E-state index contributed by atoms with van der Waals surface area (Å²) < 4.78 is 0.647. The zero-order chi connectivity index (χ0) is 9.30. The van der Waals surface area contributed by atoms with Crippen molar-refractivity contribution in [2.45, 2.75) is 0 Å². The molecule has 0 amide bonds. The first kappa shape index (κ1) is 9.02. The van der Waals surface area contributed by atoms with Gasteiger partial charge in [-0.1, -0.05) is 23.2 Å². The van der Waals surface area contributed by atoms with Gasteiger partial charge in [0.15, 0.2) is 0 Å². The molecule has 1 heterocycles. The number of rotatable bonds is 0. The second kappa shape index (κ2) is 3.12. The topological polar surface area (TPSA) is 84.8 Å². The second-order valence-electron chi connectivity index (χ2n) is 1.91. The number of hydrogen-bond acceptors (Lipinski definition) is 3. The Kier molecular flexibility index (Phi) is 2.35. The molecule has 0 bridgehead atoms. The average molecular weight is 207 g/mol. The van der Waals surface area contributed by atoms with E-state index in [1.807, 2.05) is 0 Å². The molecule has 0 radical (unpaired) electrons. The molecule has 1 rings (SSSR count). The molecular weight excluding hydrogens is 203 g/mol. The lowest BCUT2D eigenvalue weighted by Crippen LogP contribution is -2.34. The fourth-order valence-electron chi connectivity index (χ4n) is 0.584. The van der Waals surface area contributed by atoms with Gasteiger partial charge in [0.2, 0.25) is 5.96 Å². The minimum Gasteiger partial charge on any atom is -0.368 e. The minimum atomic E-state index is -0.698. The van der Waals surface area contributed by atoms with Crippen molar-refractivity contribution in [3.05, 3.63) is 26.6 Å². The Bertz CT molecular complexity index is 386. The molecule has 0 unspecified atom stereocenters. The molecule has 0 saturated heterocycles. The molecule has 5 nitrogen and oxygen atoms in total. The van der Waals surface area contributed by atoms with Crippen LogP contribution in [0.25, 0.3) is 0 Å². The maximum absolute atomic E-state index is 11.1. The quantitative estimate of drug-likeness (QED) is 0.473. The molecule has 7 heteroatoms. The summed E-state index contributed by atoms with van der Waals surface area (Å²) in [6.45, 7) is 0. The van der Waals surface area contributed by atoms with Crippen LogP contribution in [-0.2, 0) is 0 Å². The molecule has 0 spiro atoms. The van der Waals surface area contributed by atoms with Gasteiger partial charge in [0.1, 0.15) is 5.02 Å². The Morgan fingerprint density at radius 1 is 1.67 bits per heavy atom. The molecule has 0 saturated carbocycles. The third-order valence-corrected chi connectivity index (χ3v) is 1.85. The maximum Gasteiger partial charge on any atom is 0.294 e. The van der Waals surface area contributed by atoms with Crippen molar-refractivity contribution in [1.82, 2.24) is 9.78 Å². The van der Waals surface area contributed by atoms with Crippen LogP contribution in [-0.4, -0.2) is 15.7 Å². The monoisotopic (exact) mass is 206 g/mol. The van der Waals surface area contributed by atoms with Crippen molar-refractivity contribution in [3.63, 3.8) is 0 Å². The highest BCUT2D eigenvalue weighted by atomic mass is 35.5. The molecule has 1 aromatic heterocycles. The molecule has 0 aliphatic rings. The largest absolute Gasteiger partial charge is 0.368 e. The van der Waals surface area contributed by atoms with Gasteiger partial charge in [-0.2, -0.15) is 9.78 Å². The summed E-state index contributed by atoms with van der Waals surface area (Å²) in [6.07, 6.45) is 1.15.